The molecule has 0 amide bonds. The third-order valence-electron chi connectivity index (χ3n) is 4.30. The van der Waals surface area contributed by atoms with Gasteiger partial charge < -0.3 is 5.32 Å². The molecule has 1 aromatic heterocycles. The molecule has 120 valence electrons. The highest BCUT2D eigenvalue weighted by molar-refractivity contribution is 6.30. The van der Waals surface area contributed by atoms with Gasteiger partial charge in [-0.15, -0.1) is 0 Å². The molecule has 24 heavy (non-hydrogen) atoms. The molecule has 0 radical (unpaired) electrons. The maximum absolute atomic E-state index is 6.24. The summed E-state index contributed by atoms with van der Waals surface area (Å²) in [5, 5.41) is 7.94. The van der Waals surface area contributed by atoms with E-state index < -0.39 is 0 Å². The lowest BCUT2D eigenvalue weighted by Crippen LogP contribution is -2.37. The summed E-state index contributed by atoms with van der Waals surface area (Å²) in [4.78, 5) is 4.66. The van der Waals surface area contributed by atoms with Crippen molar-refractivity contribution in [3.63, 3.8) is 0 Å². The number of rotatable bonds is 2. The van der Waals surface area contributed by atoms with Gasteiger partial charge in [0.1, 0.15) is 6.17 Å². The van der Waals surface area contributed by atoms with E-state index in [4.69, 9.17) is 11.6 Å². The van der Waals surface area contributed by atoms with Gasteiger partial charge in [-0.3, -0.25) is 10.3 Å². The van der Waals surface area contributed by atoms with Crippen LogP contribution in [0.15, 0.2) is 66.7 Å². The van der Waals surface area contributed by atoms with E-state index in [2.05, 4.69) is 39.9 Å². The molecule has 4 rings (SSSR count). The molecule has 0 saturated heterocycles. The summed E-state index contributed by atoms with van der Waals surface area (Å²) in [5.74, 6) is 0. The van der Waals surface area contributed by atoms with Crippen molar-refractivity contribution in [2.24, 2.45) is 0 Å². The second kappa shape index (κ2) is 6.27. The average molecular weight is 336 g/mol. The summed E-state index contributed by atoms with van der Waals surface area (Å²) < 4.78 is 0. The maximum atomic E-state index is 6.24. The Bertz CT molecular complexity index is 864. The van der Waals surface area contributed by atoms with Crippen LogP contribution in [-0.4, -0.2) is 4.98 Å². The van der Waals surface area contributed by atoms with E-state index in [9.17, 15) is 0 Å². The van der Waals surface area contributed by atoms with Gasteiger partial charge in [-0.05, 0) is 48.4 Å². The molecule has 2 N–H and O–H groups in total. The fourth-order valence-corrected chi connectivity index (χ4v) is 3.34. The van der Waals surface area contributed by atoms with Crippen molar-refractivity contribution >= 4 is 17.3 Å². The molecule has 0 aliphatic carbocycles. The van der Waals surface area contributed by atoms with Gasteiger partial charge in [-0.1, -0.05) is 48.0 Å². The van der Waals surface area contributed by atoms with Crippen LogP contribution in [0.25, 0.3) is 0 Å². The zero-order valence-electron chi connectivity index (χ0n) is 13.3. The number of nitrogens with zero attached hydrogens (tertiary/aromatic N) is 1. The third kappa shape index (κ3) is 2.88. The highest BCUT2D eigenvalue weighted by Crippen LogP contribution is 2.37. The lowest BCUT2D eigenvalue weighted by atomic mass is 9.94. The van der Waals surface area contributed by atoms with E-state index in [0.29, 0.717) is 0 Å². The molecule has 3 nitrogen and oxygen atoms in total. The summed E-state index contributed by atoms with van der Waals surface area (Å²) in [6.45, 7) is 2.01. The van der Waals surface area contributed by atoms with Crippen molar-refractivity contribution in [1.82, 2.24) is 10.3 Å². The smallest absolute Gasteiger partial charge is 0.121 e. The van der Waals surface area contributed by atoms with Crippen LogP contribution in [0.5, 0.6) is 0 Å². The number of nitrogens with one attached hydrogen (secondary N) is 2. The van der Waals surface area contributed by atoms with E-state index in [1.807, 2.05) is 49.4 Å². The molecule has 2 heterocycles. The minimum atomic E-state index is -0.0521. The van der Waals surface area contributed by atoms with Gasteiger partial charge in [0.2, 0.25) is 0 Å². The quantitative estimate of drug-likeness (QED) is 0.703. The van der Waals surface area contributed by atoms with E-state index in [0.717, 1.165) is 27.7 Å². The molecule has 0 saturated carbocycles. The Morgan fingerprint density at radius 3 is 2.58 bits per heavy atom. The molecule has 4 heteroatoms. The van der Waals surface area contributed by atoms with E-state index in [1.54, 1.807) is 0 Å². The topological polar surface area (TPSA) is 37.0 Å². The lowest BCUT2D eigenvalue weighted by molar-refractivity contribution is 0.497. The van der Waals surface area contributed by atoms with Crippen LogP contribution in [0.2, 0.25) is 5.02 Å². The van der Waals surface area contributed by atoms with Crippen molar-refractivity contribution in [1.29, 1.82) is 0 Å². The SMILES string of the molecule is Cc1cccc([C@@H]2Nc3ccc(Cl)cc3[C@@H](c3ccccc3)N2)n1. The molecule has 0 unspecified atom stereocenters. The van der Waals surface area contributed by atoms with Crippen LogP contribution in [0, 0.1) is 6.92 Å². The van der Waals surface area contributed by atoms with Crippen LogP contribution in [0.4, 0.5) is 5.69 Å². The first-order valence-corrected chi connectivity index (χ1v) is 8.39. The average Bonchev–Trinajstić information content (AvgIpc) is 2.61. The van der Waals surface area contributed by atoms with Gasteiger partial charge in [0, 0.05) is 16.4 Å². The van der Waals surface area contributed by atoms with Gasteiger partial charge in [-0.25, -0.2) is 0 Å². The first-order chi connectivity index (χ1) is 11.7. The fraction of sp³-hybridized carbons (Fsp3) is 0.150. The number of aromatic nitrogens is 1. The largest absolute Gasteiger partial charge is 0.364 e. The molecule has 3 aromatic rings. The van der Waals surface area contributed by atoms with Gasteiger partial charge in [-0.2, -0.15) is 0 Å². The molecular formula is C20H18ClN3. The normalized spacial score (nSPS) is 19.4. The number of halogens is 1. The minimum Gasteiger partial charge on any atom is -0.364 e. The molecule has 2 aromatic carbocycles. The van der Waals surface area contributed by atoms with Crippen molar-refractivity contribution in [3.05, 3.63) is 94.3 Å². The van der Waals surface area contributed by atoms with E-state index in [1.165, 1.54) is 5.56 Å². The van der Waals surface area contributed by atoms with Crippen LogP contribution in [-0.2, 0) is 0 Å². The molecule has 0 spiro atoms. The second-order valence-corrected chi connectivity index (χ2v) is 6.46. The molecule has 1 aliphatic heterocycles. The van der Waals surface area contributed by atoms with E-state index in [-0.39, 0.29) is 12.2 Å². The van der Waals surface area contributed by atoms with E-state index >= 15 is 0 Å². The second-order valence-electron chi connectivity index (χ2n) is 6.02. The van der Waals surface area contributed by atoms with Crippen molar-refractivity contribution in [2.45, 2.75) is 19.1 Å². The lowest BCUT2D eigenvalue weighted by Gasteiger charge is -2.35. The highest BCUT2D eigenvalue weighted by Gasteiger charge is 2.28. The first kappa shape index (κ1) is 15.2. The van der Waals surface area contributed by atoms with Gasteiger partial charge in [0.15, 0.2) is 0 Å². The monoisotopic (exact) mass is 335 g/mol. The first-order valence-electron chi connectivity index (χ1n) is 8.01. The Kier molecular flexibility index (Phi) is 3.97. The highest BCUT2D eigenvalue weighted by atomic mass is 35.5. The van der Waals surface area contributed by atoms with Crippen LogP contribution >= 0.6 is 11.6 Å². The number of benzene rings is 2. The minimum absolute atomic E-state index is 0.0521. The zero-order valence-corrected chi connectivity index (χ0v) is 14.1. The van der Waals surface area contributed by atoms with Crippen LogP contribution < -0.4 is 10.6 Å². The Morgan fingerprint density at radius 1 is 0.958 bits per heavy atom. The fourth-order valence-electron chi connectivity index (χ4n) is 3.16. The number of anilines is 1. The summed E-state index contributed by atoms with van der Waals surface area (Å²) in [6.07, 6.45) is -0.0521. The van der Waals surface area contributed by atoms with Crippen molar-refractivity contribution in [3.8, 4) is 0 Å². The standard InChI is InChI=1S/C20H18ClN3/c1-13-6-5-9-18(22-13)20-23-17-11-10-15(21)12-16(17)19(24-20)14-7-3-2-4-8-14/h2-12,19-20,23-24H,1H3/t19-,20-/m1/s1. The van der Waals surface area contributed by atoms with Crippen LogP contribution in [0.3, 0.4) is 0 Å². The van der Waals surface area contributed by atoms with Gasteiger partial charge in [0.05, 0.1) is 11.7 Å². The molecule has 0 fully saturated rings. The molecule has 1 aliphatic rings. The Morgan fingerprint density at radius 2 is 1.79 bits per heavy atom. The summed E-state index contributed by atoms with van der Waals surface area (Å²) in [5.41, 5.74) is 5.43. The Balaban J connectivity index is 1.79. The number of aryl methyl sites for hydroxylation is 1. The molecule has 0 bridgehead atoms. The van der Waals surface area contributed by atoms with Crippen molar-refractivity contribution < 1.29 is 0 Å². The third-order valence-corrected chi connectivity index (χ3v) is 4.53. The summed E-state index contributed by atoms with van der Waals surface area (Å²) in [6, 6.07) is 22.5. The molecular weight excluding hydrogens is 318 g/mol. The predicted octanol–water partition coefficient (Wildman–Crippen LogP) is 4.85. The van der Waals surface area contributed by atoms with Gasteiger partial charge >= 0.3 is 0 Å². The Hall–Kier alpha value is -2.36. The number of fused-ring (bicyclic) bond motifs is 1. The van der Waals surface area contributed by atoms with Crippen LogP contribution in [0.1, 0.15) is 34.7 Å². The number of pyridine rings is 1. The van der Waals surface area contributed by atoms with Gasteiger partial charge in [0.25, 0.3) is 0 Å². The zero-order chi connectivity index (χ0) is 16.5. The predicted molar refractivity (Wildman–Crippen MR) is 98.2 cm³/mol. The molecule has 2 atom stereocenters. The van der Waals surface area contributed by atoms with Crippen molar-refractivity contribution in [2.75, 3.05) is 5.32 Å². The number of hydrogen-bond acceptors (Lipinski definition) is 3. The Labute approximate surface area is 146 Å². The maximum Gasteiger partial charge on any atom is 0.121 e. The summed E-state index contributed by atoms with van der Waals surface area (Å²) in [7, 11) is 0. The summed E-state index contributed by atoms with van der Waals surface area (Å²) >= 11 is 6.24. The number of hydrogen-bond donors (Lipinski definition) is 2.